The summed E-state index contributed by atoms with van der Waals surface area (Å²) in [7, 11) is 2.11. The molecule has 0 heterocycles. The maximum absolute atomic E-state index is 6.07. The normalized spacial score (nSPS) is 10.5. The Balaban J connectivity index is 2.07. The second-order valence-electron chi connectivity index (χ2n) is 5.17. The number of nitrogens with zero attached hydrogens (tertiary/aromatic N) is 1. The first-order chi connectivity index (χ1) is 9.08. The van der Waals surface area contributed by atoms with Crippen molar-refractivity contribution in [2.75, 3.05) is 24.2 Å². The molecule has 19 heavy (non-hydrogen) atoms. The third-order valence-corrected chi connectivity index (χ3v) is 3.47. The topological polar surface area (TPSA) is 29.3 Å². The quantitative estimate of drug-likeness (QED) is 0.845. The van der Waals surface area contributed by atoms with Crippen molar-refractivity contribution in [2.45, 2.75) is 20.3 Å². The molecule has 2 aromatic rings. The number of aryl methyl sites for hydroxylation is 2. The van der Waals surface area contributed by atoms with Crippen molar-refractivity contribution in [1.29, 1.82) is 0 Å². The van der Waals surface area contributed by atoms with E-state index in [0.717, 1.165) is 24.3 Å². The number of hydrogen-bond acceptors (Lipinski definition) is 2. The van der Waals surface area contributed by atoms with Crippen molar-refractivity contribution in [1.82, 2.24) is 0 Å². The summed E-state index contributed by atoms with van der Waals surface area (Å²) in [6.07, 6.45) is 1.03. The molecule has 0 aliphatic rings. The Morgan fingerprint density at radius 3 is 2.47 bits per heavy atom. The summed E-state index contributed by atoms with van der Waals surface area (Å²) in [6, 6.07) is 14.7. The summed E-state index contributed by atoms with van der Waals surface area (Å²) in [5.41, 5.74) is 12.0. The van der Waals surface area contributed by atoms with E-state index in [1.807, 2.05) is 12.1 Å². The van der Waals surface area contributed by atoms with Crippen LogP contribution >= 0.6 is 0 Å². The number of nitrogens with two attached hydrogens (primary N) is 1. The molecule has 2 N–H and O–H groups in total. The van der Waals surface area contributed by atoms with E-state index < -0.39 is 0 Å². The summed E-state index contributed by atoms with van der Waals surface area (Å²) < 4.78 is 0. The first-order valence-electron chi connectivity index (χ1n) is 6.69. The zero-order chi connectivity index (χ0) is 13.8. The molecule has 0 atom stereocenters. The zero-order valence-corrected chi connectivity index (χ0v) is 12.0. The Morgan fingerprint density at radius 2 is 1.79 bits per heavy atom. The van der Waals surface area contributed by atoms with E-state index >= 15 is 0 Å². The highest BCUT2D eigenvalue weighted by Crippen LogP contribution is 2.26. The number of benzene rings is 2. The fourth-order valence-electron chi connectivity index (χ4n) is 2.48. The lowest BCUT2D eigenvalue weighted by Gasteiger charge is -2.23. The molecule has 0 amide bonds. The van der Waals surface area contributed by atoms with Crippen LogP contribution in [0.3, 0.4) is 0 Å². The predicted octanol–water partition coefficient (Wildman–Crippen LogP) is 3.56. The van der Waals surface area contributed by atoms with Crippen LogP contribution < -0.4 is 10.6 Å². The fourth-order valence-corrected chi connectivity index (χ4v) is 2.48. The summed E-state index contributed by atoms with van der Waals surface area (Å²) in [5, 5.41) is 0. The molecular formula is C17H22N2. The van der Waals surface area contributed by atoms with Gasteiger partial charge in [0.15, 0.2) is 0 Å². The number of para-hydroxylation sites is 1. The Hall–Kier alpha value is -1.96. The summed E-state index contributed by atoms with van der Waals surface area (Å²) in [5.74, 6) is 0. The van der Waals surface area contributed by atoms with Crippen LogP contribution in [0.1, 0.15) is 16.7 Å². The van der Waals surface area contributed by atoms with Gasteiger partial charge in [-0.1, -0.05) is 42.0 Å². The van der Waals surface area contributed by atoms with E-state index in [4.69, 9.17) is 5.73 Å². The lowest BCUT2D eigenvalue weighted by molar-refractivity contribution is 0.873. The molecule has 0 saturated heterocycles. The van der Waals surface area contributed by atoms with Gasteiger partial charge in [0.2, 0.25) is 0 Å². The third-order valence-electron chi connectivity index (χ3n) is 3.47. The van der Waals surface area contributed by atoms with E-state index in [9.17, 15) is 0 Å². The van der Waals surface area contributed by atoms with Crippen molar-refractivity contribution in [3.05, 3.63) is 59.2 Å². The first kappa shape index (κ1) is 13.5. The van der Waals surface area contributed by atoms with Crippen LogP contribution in [0, 0.1) is 13.8 Å². The van der Waals surface area contributed by atoms with E-state index in [1.54, 1.807) is 0 Å². The third kappa shape index (κ3) is 3.28. The van der Waals surface area contributed by atoms with Gasteiger partial charge in [0.05, 0.1) is 11.4 Å². The fraction of sp³-hybridized carbons (Fsp3) is 0.294. The number of anilines is 2. The van der Waals surface area contributed by atoms with Crippen molar-refractivity contribution in [3.63, 3.8) is 0 Å². The average Bonchev–Trinajstić information content (AvgIpc) is 2.36. The molecule has 0 aliphatic heterocycles. The minimum atomic E-state index is 0.853. The van der Waals surface area contributed by atoms with E-state index in [-0.39, 0.29) is 0 Å². The lowest BCUT2D eigenvalue weighted by Crippen LogP contribution is -2.22. The van der Waals surface area contributed by atoms with Gasteiger partial charge >= 0.3 is 0 Å². The molecule has 0 aliphatic carbocycles. The first-order valence-corrected chi connectivity index (χ1v) is 6.69. The van der Waals surface area contributed by atoms with Crippen LogP contribution in [0.25, 0.3) is 0 Å². The van der Waals surface area contributed by atoms with E-state index in [0.29, 0.717) is 0 Å². The van der Waals surface area contributed by atoms with Crippen LogP contribution in [-0.4, -0.2) is 13.6 Å². The Morgan fingerprint density at radius 1 is 1.05 bits per heavy atom. The van der Waals surface area contributed by atoms with Gasteiger partial charge < -0.3 is 10.6 Å². The number of rotatable bonds is 4. The maximum atomic E-state index is 6.07. The molecule has 100 valence electrons. The largest absolute Gasteiger partial charge is 0.397 e. The molecule has 0 bridgehead atoms. The average molecular weight is 254 g/mol. The summed E-state index contributed by atoms with van der Waals surface area (Å²) in [6.45, 7) is 5.21. The standard InChI is InChI=1S/C17H22N2/c1-13-6-4-8-15(12-13)10-11-19(3)17-14(2)7-5-9-16(17)18/h4-9,12H,10-11,18H2,1-3H3. The minimum absolute atomic E-state index is 0.853. The number of likely N-dealkylation sites (N-methyl/N-ethyl adjacent to an activating group) is 1. The molecule has 0 spiro atoms. The van der Waals surface area contributed by atoms with Gasteiger partial charge in [0.25, 0.3) is 0 Å². The molecule has 0 unspecified atom stereocenters. The molecule has 2 heteroatoms. The van der Waals surface area contributed by atoms with Crippen LogP contribution in [0.15, 0.2) is 42.5 Å². The summed E-state index contributed by atoms with van der Waals surface area (Å²) in [4.78, 5) is 2.24. The van der Waals surface area contributed by atoms with Gasteiger partial charge in [-0.15, -0.1) is 0 Å². The van der Waals surface area contributed by atoms with Gasteiger partial charge in [-0.25, -0.2) is 0 Å². The molecule has 0 radical (unpaired) electrons. The number of hydrogen-bond donors (Lipinski definition) is 1. The molecule has 0 saturated carbocycles. The summed E-state index contributed by atoms with van der Waals surface area (Å²) >= 11 is 0. The Bertz CT molecular complexity index is 541. The van der Waals surface area contributed by atoms with Crippen molar-refractivity contribution >= 4 is 11.4 Å². The van der Waals surface area contributed by atoms with Gasteiger partial charge in [-0.2, -0.15) is 0 Å². The molecule has 2 rings (SSSR count). The Labute approximate surface area is 115 Å². The van der Waals surface area contributed by atoms with Crippen LogP contribution in [0.5, 0.6) is 0 Å². The van der Waals surface area contributed by atoms with Crippen molar-refractivity contribution < 1.29 is 0 Å². The maximum Gasteiger partial charge on any atom is 0.0627 e. The second-order valence-corrected chi connectivity index (χ2v) is 5.17. The SMILES string of the molecule is Cc1cccc(CCN(C)c2c(C)cccc2N)c1. The monoisotopic (exact) mass is 254 g/mol. The van der Waals surface area contributed by atoms with E-state index in [1.165, 1.54) is 16.7 Å². The van der Waals surface area contributed by atoms with Crippen molar-refractivity contribution in [2.24, 2.45) is 0 Å². The Kier molecular flexibility index (Phi) is 4.10. The highest BCUT2D eigenvalue weighted by Gasteiger charge is 2.08. The minimum Gasteiger partial charge on any atom is -0.397 e. The van der Waals surface area contributed by atoms with Gasteiger partial charge in [0.1, 0.15) is 0 Å². The second kappa shape index (κ2) is 5.79. The number of nitrogen functional groups attached to an aromatic ring is 1. The van der Waals surface area contributed by atoms with Crippen molar-refractivity contribution in [3.8, 4) is 0 Å². The van der Waals surface area contributed by atoms with Gasteiger partial charge in [-0.05, 0) is 37.5 Å². The molecule has 0 fully saturated rings. The highest BCUT2D eigenvalue weighted by atomic mass is 15.1. The van der Waals surface area contributed by atoms with Gasteiger partial charge in [0, 0.05) is 13.6 Å². The van der Waals surface area contributed by atoms with Crippen LogP contribution in [-0.2, 0) is 6.42 Å². The lowest BCUT2D eigenvalue weighted by atomic mass is 10.1. The van der Waals surface area contributed by atoms with Crippen LogP contribution in [0.4, 0.5) is 11.4 Å². The molecular weight excluding hydrogens is 232 g/mol. The van der Waals surface area contributed by atoms with E-state index in [2.05, 4.69) is 56.1 Å². The zero-order valence-electron chi connectivity index (χ0n) is 12.0. The molecule has 2 aromatic carbocycles. The van der Waals surface area contributed by atoms with Gasteiger partial charge in [-0.3, -0.25) is 0 Å². The smallest absolute Gasteiger partial charge is 0.0627 e. The molecule has 0 aromatic heterocycles. The molecule has 2 nitrogen and oxygen atoms in total. The van der Waals surface area contributed by atoms with Crippen LogP contribution in [0.2, 0.25) is 0 Å². The predicted molar refractivity (Wildman–Crippen MR) is 83.7 cm³/mol. The highest BCUT2D eigenvalue weighted by molar-refractivity contribution is 5.71.